The first kappa shape index (κ1) is 22.5. The van der Waals surface area contributed by atoms with Crippen molar-refractivity contribution in [2.45, 2.75) is 12.8 Å². The molecule has 2 aliphatic rings. The Kier molecular flexibility index (Phi) is 6.93. The van der Waals surface area contributed by atoms with Crippen molar-refractivity contribution in [3.63, 3.8) is 0 Å². The Balaban J connectivity index is 1.26. The van der Waals surface area contributed by atoms with Crippen molar-refractivity contribution >= 4 is 58.1 Å². The third kappa shape index (κ3) is 5.20. The van der Waals surface area contributed by atoms with Gasteiger partial charge in [-0.3, -0.25) is 19.3 Å². The van der Waals surface area contributed by atoms with Gasteiger partial charge in [0, 0.05) is 29.6 Å². The van der Waals surface area contributed by atoms with Gasteiger partial charge in [0.2, 0.25) is 12.7 Å². The normalized spacial score (nSPS) is 16.2. The van der Waals surface area contributed by atoms with Crippen LogP contribution in [0.5, 0.6) is 11.5 Å². The predicted molar refractivity (Wildman–Crippen MR) is 123 cm³/mol. The van der Waals surface area contributed by atoms with Crippen molar-refractivity contribution in [1.82, 2.24) is 10.2 Å². The lowest BCUT2D eigenvalue weighted by Gasteiger charge is -2.13. The van der Waals surface area contributed by atoms with Crippen LogP contribution in [0, 0.1) is 0 Å². The maximum absolute atomic E-state index is 12.6. The molecule has 0 atom stereocenters. The Morgan fingerprint density at radius 1 is 1.12 bits per heavy atom. The molecule has 0 spiro atoms. The highest BCUT2D eigenvalue weighted by atomic mass is 35.5. The molecular formula is C22H18Cl2N2O5S. The first-order chi connectivity index (χ1) is 15.4. The molecule has 2 heterocycles. The maximum Gasteiger partial charge on any atom is 0.293 e. The van der Waals surface area contributed by atoms with Crippen molar-refractivity contribution in [2.75, 3.05) is 19.9 Å². The van der Waals surface area contributed by atoms with E-state index in [4.69, 9.17) is 32.7 Å². The lowest BCUT2D eigenvalue weighted by atomic mass is 10.1. The number of hydrogen-bond acceptors (Lipinski definition) is 6. The standard InChI is InChI=1S/C22H18Cl2N2O5S/c23-15-4-3-14(16(24)11-15)10-19-21(28)26(22(29)32-19)8-7-25-20(27)6-2-13-1-5-17-18(9-13)31-12-30-17/h1,3-5,9-11H,2,6-8,12H2,(H,25,27). The molecule has 1 fully saturated rings. The number of thioether (sulfide) groups is 1. The predicted octanol–water partition coefficient (Wildman–Crippen LogP) is 4.51. The Bertz CT molecular complexity index is 1120. The highest BCUT2D eigenvalue weighted by molar-refractivity contribution is 8.18. The van der Waals surface area contributed by atoms with Crippen LogP contribution in [0.4, 0.5) is 4.79 Å². The minimum absolute atomic E-state index is 0.0894. The molecule has 2 aromatic carbocycles. The summed E-state index contributed by atoms with van der Waals surface area (Å²) >= 11 is 12.9. The zero-order valence-corrected chi connectivity index (χ0v) is 19.1. The van der Waals surface area contributed by atoms with Gasteiger partial charge >= 0.3 is 0 Å². The van der Waals surface area contributed by atoms with Gasteiger partial charge in [-0.05, 0) is 59.7 Å². The number of rotatable bonds is 7. The summed E-state index contributed by atoms with van der Waals surface area (Å²) in [7, 11) is 0. The van der Waals surface area contributed by atoms with Gasteiger partial charge in [0.1, 0.15) is 0 Å². The van der Waals surface area contributed by atoms with E-state index in [2.05, 4.69) is 5.32 Å². The minimum Gasteiger partial charge on any atom is -0.454 e. The molecule has 2 aromatic rings. The third-order valence-electron chi connectivity index (χ3n) is 4.86. The second-order valence-electron chi connectivity index (χ2n) is 7.04. The molecule has 1 N–H and O–H groups in total. The minimum atomic E-state index is -0.416. The molecule has 3 amide bonds. The van der Waals surface area contributed by atoms with Crippen LogP contribution < -0.4 is 14.8 Å². The molecule has 0 saturated carbocycles. The summed E-state index contributed by atoms with van der Waals surface area (Å²) in [4.78, 5) is 38.4. The van der Waals surface area contributed by atoms with E-state index < -0.39 is 5.91 Å². The number of fused-ring (bicyclic) bond motifs is 1. The third-order valence-corrected chi connectivity index (χ3v) is 6.33. The number of amides is 3. The lowest BCUT2D eigenvalue weighted by Crippen LogP contribution is -2.37. The van der Waals surface area contributed by atoms with Gasteiger partial charge in [-0.15, -0.1) is 0 Å². The van der Waals surface area contributed by atoms with Crippen LogP contribution in [-0.4, -0.2) is 41.8 Å². The van der Waals surface area contributed by atoms with Crippen LogP contribution in [0.1, 0.15) is 17.5 Å². The molecule has 0 bridgehead atoms. The molecule has 0 aliphatic carbocycles. The quantitative estimate of drug-likeness (QED) is 0.572. The van der Waals surface area contributed by atoms with Gasteiger partial charge in [-0.2, -0.15) is 0 Å². The molecule has 0 unspecified atom stereocenters. The summed E-state index contributed by atoms with van der Waals surface area (Å²) in [6.45, 7) is 0.467. The van der Waals surface area contributed by atoms with E-state index in [0.717, 1.165) is 22.2 Å². The Hall–Kier alpha value is -2.68. The highest BCUT2D eigenvalue weighted by Gasteiger charge is 2.34. The van der Waals surface area contributed by atoms with E-state index in [1.807, 2.05) is 18.2 Å². The molecule has 10 heteroatoms. The molecule has 32 heavy (non-hydrogen) atoms. The van der Waals surface area contributed by atoms with E-state index >= 15 is 0 Å². The number of carbonyl (C=O) groups is 3. The molecule has 1 saturated heterocycles. The molecule has 0 radical (unpaired) electrons. The van der Waals surface area contributed by atoms with E-state index in [1.54, 1.807) is 24.3 Å². The van der Waals surface area contributed by atoms with Gasteiger partial charge in [-0.1, -0.05) is 35.3 Å². The Morgan fingerprint density at radius 2 is 1.94 bits per heavy atom. The zero-order valence-electron chi connectivity index (χ0n) is 16.7. The smallest absolute Gasteiger partial charge is 0.293 e. The van der Waals surface area contributed by atoms with Gasteiger partial charge in [0.05, 0.1) is 4.91 Å². The number of nitrogens with one attached hydrogen (secondary N) is 1. The van der Waals surface area contributed by atoms with Crippen molar-refractivity contribution in [2.24, 2.45) is 0 Å². The number of halogens is 2. The summed E-state index contributed by atoms with van der Waals surface area (Å²) < 4.78 is 10.6. The number of ether oxygens (including phenoxy) is 2. The molecule has 166 valence electrons. The molecular weight excluding hydrogens is 475 g/mol. The first-order valence-electron chi connectivity index (χ1n) is 9.76. The Morgan fingerprint density at radius 3 is 2.75 bits per heavy atom. The number of nitrogens with zero attached hydrogens (tertiary/aromatic N) is 1. The second-order valence-corrected chi connectivity index (χ2v) is 8.87. The number of hydrogen-bond donors (Lipinski definition) is 1. The van der Waals surface area contributed by atoms with Crippen molar-refractivity contribution in [3.05, 3.63) is 62.5 Å². The average Bonchev–Trinajstić information content (AvgIpc) is 3.33. The van der Waals surface area contributed by atoms with Crippen LogP contribution in [-0.2, 0) is 16.0 Å². The van der Waals surface area contributed by atoms with E-state index in [9.17, 15) is 14.4 Å². The molecule has 0 aromatic heterocycles. The molecule has 7 nitrogen and oxygen atoms in total. The summed E-state index contributed by atoms with van der Waals surface area (Å²) in [6.07, 6.45) is 2.37. The maximum atomic E-state index is 12.6. The summed E-state index contributed by atoms with van der Waals surface area (Å²) in [5.41, 5.74) is 1.56. The fourth-order valence-corrected chi connectivity index (χ4v) is 4.52. The second kappa shape index (κ2) is 9.85. The monoisotopic (exact) mass is 492 g/mol. The summed E-state index contributed by atoms with van der Waals surface area (Å²) in [5, 5.41) is 3.23. The van der Waals surface area contributed by atoms with Crippen molar-refractivity contribution < 1.29 is 23.9 Å². The number of imide groups is 1. The van der Waals surface area contributed by atoms with Crippen molar-refractivity contribution in [1.29, 1.82) is 0 Å². The highest BCUT2D eigenvalue weighted by Crippen LogP contribution is 2.34. The SMILES string of the molecule is O=C(CCc1ccc2c(c1)OCO2)NCCN1C(=O)SC(=Cc2ccc(Cl)cc2Cl)C1=O. The molecule has 4 rings (SSSR count). The van der Waals surface area contributed by atoms with Gasteiger partial charge in [0.15, 0.2) is 11.5 Å². The van der Waals surface area contributed by atoms with Crippen LogP contribution in [0.2, 0.25) is 10.0 Å². The number of benzene rings is 2. The topological polar surface area (TPSA) is 84.9 Å². The number of carbonyl (C=O) groups excluding carboxylic acids is 3. The van der Waals surface area contributed by atoms with Gasteiger partial charge < -0.3 is 14.8 Å². The zero-order chi connectivity index (χ0) is 22.7. The molecule has 2 aliphatic heterocycles. The average molecular weight is 493 g/mol. The Labute approximate surface area is 198 Å². The summed E-state index contributed by atoms with van der Waals surface area (Å²) in [6, 6.07) is 10.5. The summed E-state index contributed by atoms with van der Waals surface area (Å²) in [5.74, 6) is 0.789. The van der Waals surface area contributed by atoms with Crippen LogP contribution >= 0.6 is 35.0 Å². The van der Waals surface area contributed by atoms with Crippen LogP contribution in [0.25, 0.3) is 6.08 Å². The van der Waals surface area contributed by atoms with Gasteiger partial charge in [0.25, 0.3) is 11.1 Å². The van der Waals surface area contributed by atoms with Gasteiger partial charge in [-0.25, -0.2) is 0 Å². The van der Waals surface area contributed by atoms with Crippen LogP contribution in [0.15, 0.2) is 41.3 Å². The first-order valence-corrected chi connectivity index (χ1v) is 11.3. The lowest BCUT2D eigenvalue weighted by molar-refractivity contribution is -0.124. The van der Waals surface area contributed by atoms with E-state index in [1.165, 1.54) is 0 Å². The van der Waals surface area contributed by atoms with E-state index in [0.29, 0.717) is 33.5 Å². The number of aryl methyl sites for hydroxylation is 1. The van der Waals surface area contributed by atoms with E-state index in [-0.39, 0.29) is 42.4 Å². The fourth-order valence-electron chi connectivity index (χ4n) is 3.20. The van der Waals surface area contributed by atoms with Crippen LogP contribution in [0.3, 0.4) is 0 Å². The fraction of sp³-hybridized carbons (Fsp3) is 0.227. The largest absolute Gasteiger partial charge is 0.454 e. The van der Waals surface area contributed by atoms with Crippen molar-refractivity contribution in [3.8, 4) is 11.5 Å².